The highest BCUT2D eigenvalue weighted by Gasteiger charge is 2.21. The van der Waals surface area contributed by atoms with Crippen molar-refractivity contribution < 1.29 is 21.9 Å². The van der Waals surface area contributed by atoms with Gasteiger partial charge < -0.3 is 4.74 Å². The van der Waals surface area contributed by atoms with E-state index in [2.05, 4.69) is 0 Å². The first-order valence-electron chi connectivity index (χ1n) is 5.78. The van der Waals surface area contributed by atoms with E-state index < -0.39 is 27.6 Å². The predicted octanol–water partition coefficient (Wildman–Crippen LogP) is 1.90. The second-order valence-electron chi connectivity index (χ2n) is 4.70. The van der Waals surface area contributed by atoms with Crippen LogP contribution in [-0.2, 0) is 10.0 Å². The minimum Gasteiger partial charge on any atom is -0.490 e. The maximum Gasteiger partial charge on any atom is 0.209 e. The monoisotopic (exact) mass is 293 g/mol. The van der Waals surface area contributed by atoms with E-state index in [4.69, 9.17) is 9.88 Å². The molecule has 7 heteroatoms. The van der Waals surface area contributed by atoms with Gasteiger partial charge in [-0.05, 0) is 18.1 Å². The summed E-state index contributed by atoms with van der Waals surface area (Å²) < 4.78 is 53.6. The SMILES string of the molecule is CC(C)C(COc1cccc(F)c1F)CS(N)(=O)=O. The van der Waals surface area contributed by atoms with E-state index in [0.717, 1.165) is 6.07 Å². The second kappa shape index (κ2) is 6.29. The molecule has 0 amide bonds. The van der Waals surface area contributed by atoms with E-state index in [0.29, 0.717) is 0 Å². The Balaban J connectivity index is 2.74. The van der Waals surface area contributed by atoms with E-state index in [1.807, 2.05) is 0 Å². The summed E-state index contributed by atoms with van der Waals surface area (Å²) in [5.74, 6) is -3.00. The van der Waals surface area contributed by atoms with Gasteiger partial charge in [-0.1, -0.05) is 19.9 Å². The van der Waals surface area contributed by atoms with Gasteiger partial charge in [0.2, 0.25) is 15.8 Å². The zero-order valence-corrected chi connectivity index (χ0v) is 11.6. The van der Waals surface area contributed by atoms with Crippen molar-refractivity contribution in [3.05, 3.63) is 29.8 Å². The van der Waals surface area contributed by atoms with Crippen LogP contribution in [0.3, 0.4) is 0 Å². The molecule has 1 aromatic rings. The third-order valence-electron chi connectivity index (χ3n) is 2.76. The zero-order valence-electron chi connectivity index (χ0n) is 10.8. The maximum absolute atomic E-state index is 13.3. The van der Waals surface area contributed by atoms with Crippen LogP contribution < -0.4 is 9.88 Å². The molecule has 4 nitrogen and oxygen atoms in total. The van der Waals surface area contributed by atoms with E-state index >= 15 is 0 Å². The molecule has 0 heterocycles. The van der Waals surface area contributed by atoms with Gasteiger partial charge in [-0.15, -0.1) is 0 Å². The van der Waals surface area contributed by atoms with E-state index in [-0.39, 0.29) is 24.0 Å². The maximum atomic E-state index is 13.3. The third kappa shape index (κ3) is 5.12. The van der Waals surface area contributed by atoms with Crippen molar-refractivity contribution in [3.8, 4) is 5.75 Å². The Hall–Kier alpha value is -1.21. The second-order valence-corrected chi connectivity index (χ2v) is 6.36. The summed E-state index contributed by atoms with van der Waals surface area (Å²) in [7, 11) is -3.64. The quantitative estimate of drug-likeness (QED) is 0.871. The van der Waals surface area contributed by atoms with Crippen molar-refractivity contribution >= 4 is 10.0 Å². The van der Waals surface area contributed by atoms with Crippen LogP contribution in [0.1, 0.15) is 13.8 Å². The van der Waals surface area contributed by atoms with E-state index in [1.165, 1.54) is 12.1 Å². The molecule has 0 radical (unpaired) electrons. The normalized spacial score (nSPS) is 13.6. The van der Waals surface area contributed by atoms with Crippen molar-refractivity contribution in [1.82, 2.24) is 0 Å². The van der Waals surface area contributed by atoms with Crippen LogP contribution in [0.5, 0.6) is 5.75 Å². The number of nitrogens with two attached hydrogens (primary N) is 1. The number of benzene rings is 1. The number of ether oxygens (including phenoxy) is 1. The summed E-state index contributed by atoms with van der Waals surface area (Å²) in [4.78, 5) is 0. The van der Waals surface area contributed by atoms with Gasteiger partial charge in [0.05, 0.1) is 12.4 Å². The molecule has 0 fully saturated rings. The van der Waals surface area contributed by atoms with Gasteiger partial charge in [0.1, 0.15) is 0 Å². The molecule has 0 saturated carbocycles. The van der Waals surface area contributed by atoms with Crippen LogP contribution in [0.4, 0.5) is 8.78 Å². The number of hydrogen-bond acceptors (Lipinski definition) is 3. The molecule has 1 atom stereocenters. The molecule has 0 spiro atoms. The Morgan fingerprint density at radius 3 is 2.47 bits per heavy atom. The molecule has 0 aliphatic rings. The summed E-state index contributed by atoms with van der Waals surface area (Å²) in [6.45, 7) is 3.57. The molecule has 0 aliphatic heterocycles. The molecule has 0 aliphatic carbocycles. The lowest BCUT2D eigenvalue weighted by Crippen LogP contribution is -2.30. The summed E-state index contributed by atoms with van der Waals surface area (Å²) in [5, 5.41) is 4.98. The molecular formula is C12H17F2NO3S. The van der Waals surface area contributed by atoms with Gasteiger partial charge in [-0.25, -0.2) is 17.9 Å². The van der Waals surface area contributed by atoms with Crippen LogP contribution in [-0.4, -0.2) is 20.8 Å². The predicted molar refractivity (Wildman–Crippen MR) is 68.2 cm³/mol. The number of halogens is 2. The molecular weight excluding hydrogens is 276 g/mol. The van der Waals surface area contributed by atoms with Crippen LogP contribution in [0, 0.1) is 23.5 Å². The molecule has 19 heavy (non-hydrogen) atoms. The van der Waals surface area contributed by atoms with Crippen molar-refractivity contribution in [2.45, 2.75) is 13.8 Å². The van der Waals surface area contributed by atoms with Crippen LogP contribution in [0.2, 0.25) is 0 Å². The van der Waals surface area contributed by atoms with Gasteiger partial charge in [0.15, 0.2) is 11.6 Å². The average molecular weight is 293 g/mol. The topological polar surface area (TPSA) is 69.4 Å². The minimum atomic E-state index is -3.64. The van der Waals surface area contributed by atoms with Crippen molar-refractivity contribution in [2.24, 2.45) is 17.0 Å². The van der Waals surface area contributed by atoms with E-state index in [1.54, 1.807) is 13.8 Å². The molecule has 0 bridgehead atoms. The van der Waals surface area contributed by atoms with Gasteiger partial charge in [-0.3, -0.25) is 0 Å². The van der Waals surface area contributed by atoms with Gasteiger partial charge >= 0.3 is 0 Å². The number of hydrogen-bond donors (Lipinski definition) is 1. The molecule has 108 valence electrons. The third-order valence-corrected chi connectivity index (χ3v) is 3.65. The van der Waals surface area contributed by atoms with E-state index in [9.17, 15) is 17.2 Å². The fourth-order valence-electron chi connectivity index (χ4n) is 1.52. The fourth-order valence-corrected chi connectivity index (χ4v) is 2.60. The lowest BCUT2D eigenvalue weighted by molar-refractivity contribution is 0.215. The van der Waals surface area contributed by atoms with Crippen LogP contribution in [0.25, 0.3) is 0 Å². The average Bonchev–Trinajstić information content (AvgIpc) is 2.27. The smallest absolute Gasteiger partial charge is 0.209 e. The highest BCUT2D eigenvalue weighted by Crippen LogP contribution is 2.21. The van der Waals surface area contributed by atoms with Gasteiger partial charge in [-0.2, -0.15) is 4.39 Å². The Labute approximate surface area is 111 Å². The standard InChI is InChI=1S/C12H17F2NO3S/c1-8(2)9(7-19(15,16)17)6-18-11-5-3-4-10(13)12(11)14/h3-5,8-9H,6-7H2,1-2H3,(H2,15,16,17). The lowest BCUT2D eigenvalue weighted by Gasteiger charge is -2.20. The molecule has 1 aromatic carbocycles. The van der Waals surface area contributed by atoms with Gasteiger partial charge in [0.25, 0.3) is 0 Å². The largest absolute Gasteiger partial charge is 0.490 e. The minimum absolute atomic E-state index is 0.0186. The fraction of sp³-hybridized carbons (Fsp3) is 0.500. The molecule has 1 unspecified atom stereocenters. The molecule has 0 saturated heterocycles. The molecule has 0 aromatic heterocycles. The Morgan fingerprint density at radius 2 is 1.95 bits per heavy atom. The summed E-state index contributed by atoms with van der Waals surface area (Å²) in [6.07, 6.45) is 0. The highest BCUT2D eigenvalue weighted by molar-refractivity contribution is 7.89. The number of rotatable bonds is 6. The number of sulfonamides is 1. The van der Waals surface area contributed by atoms with Crippen LogP contribution in [0.15, 0.2) is 18.2 Å². The first kappa shape index (κ1) is 15.8. The van der Waals surface area contributed by atoms with Gasteiger partial charge in [0, 0.05) is 5.92 Å². The summed E-state index contributed by atoms with van der Waals surface area (Å²) in [6, 6.07) is 3.58. The molecule has 1 rings (SSSR count). The van der Waals surface area contributed by atoms with Crippen molar-refractivity contribution in [1.29, 1.82) is 0 Å². The molecule has 2 N–H and O–H groups in total. The lowest BCUT2D eigenvalue weighted by atomic mass is 9.99. The Kier molecular flexibility index (Phi) is 5.25. The summed E-state index contributed by atoms with van der Waals surface area (Å²) in [5.41, 5.74) is 0. The number of primary sulfonamides is 1. The van der Waals surface area contributed by atoms with Crippen molar-refractivity contribution in [3.63, 3.8) is 0 Å². The van der Waals surface area contributed by atoms with Crippen molar-refractivity contribution in [2.75, 3.05) is 12.4 Å². The highest BCUT2D eigenvalue weighted by atomic mass is 32.2. The Bertz CT molecular complexity index is 532. The zero-order chi connectivity index (χ0) is 14.6. The first-order valence-corrected chi connectivity index (χ1v) is 7.49. The Morgan fingerprint density at radius 1 is 1.32 bits per heavy atom. The summed E-state index contributed by atoms with van der Waals surface area (Å²) >= 11 is 0. The first-order chi connectivity index (χ1) is 8.70. The van der Waals surface area contributed by atoms with Crippen LogP contribution >= 0.6 is 0 Å².